The molecule has 1 rings (SSSR count). The summed E-state index contributed by atoms with van der Waals surface area (Å²) in [6.45, 7) is 1.49. The number of hydrogen-bond acceptors (Lipinski definition) is 1. The molecule has 0 bridgehead atoms. The van der Waals surface area contributed by atoms with Gasteiger partial charge in [0.05, 0.1) is 0 Å². The molecule has 4 heteroatoms. The van der Waals surface area contributed by atoms with E-state index in [9.17, 15) is 9.18 Å². The number of hydrogen-bond donors (Lipinski definition) is 1. The summed E-state index contributed by atoms with van der Waals surface area (Å²) in [5.74, 6) is -1.47. The summed E-state index contributed by atoms with van der Waals surface area (Å²) >= 11 is 5.61. The maximum absolute atomic E-state index is 13.9. The average molecular weight is 217 g/mol. The lowest BCUT2D eigenvalue weighted by Gasteiger charge is -2.18. The summed E-state index contributed by atoms with van der Waals surface area (Å²) in [5, 5.41) is 9.20. The molecule has 2 nitrogen and oxygen atoms in total. The first-order valence-electron chi connectivity index (χ1n) is 4.19. The largest absolute Gasteiger partial charge is 0.479 e. The molecule has 0 aliphatic heterocycles. The van der Waals surface area contributed by atoms with Gasteiger partial charge in [-0.05, 0) is 18.6 Å². The summed E-state index contributed by atoms with van der Waals surface area (Å²) in [6.07, 6.45) is -0.107. The van der Waals surface area contributed by atoms with E-state index in [0.29, 0.717) is 5.02 Å². The van der Waals surface area contributed by atoms with E-state index in [1.54, 1.807) is 0 Å². The Morgan fingerprint density at radius 2 is 2.00 bits per heavy atom. The Bertz CT molecular complexity index is 336. The first-order chi connectivity index (χ1) is 6.50. The van der Waals surface area contributed by atoms with E-state index < -0.39 is 11.6 Å². The highest BCUT2D eigenvalue weighted by atomic mass is 35.5. The molecule has 0 amide bonds. The number of carboxylic acid groups (broad SMARTS) is 1. The van der Waals surface area contributed by atoms with E-state index in [-0.39, 0.29) is 12.0 Å². The van der Waals surface area contributed by atoms with Crippen LogP contribution in [0.2, 0.25) is 5.02 Å². The van der Waals surface area contributed by atoms with Gasteiger partial charge in [-0.25, -0.2) is 9.18 Å². The zero-order chi connectivity index (χ0) is 10.8. The summed E-state index contributed by atoms with van der Waals surface area (Å²) in [5.41, 5.74) is -2.19. The molecule has 0 heterocycles. The Morgan fingerprint density at radius 3 is 2.36 bits per heavy atom. The minimum Gasteiger partial charge on any atom is -0.479 e. The van der Waals surface area contributed by atoms with Crippen molar-refractivity contribution in [1.29, 1.82) is 0 Å². The van der Waals surface area contributed by atoms with Gasteiger partial charge in [-0.1, -0.05) is 30.7 Å². The zero-order valence-electron chi connectivity index (χ0n) is 7.63. The Labute approximate surface area is 86.3 Å². The molecule has 76 valence electrons. The minimum atomic E-state index is -2.31. The van der Waals surface area contributed by atoms with Crippen molar-refractivity contribution in [3.05, 3.63) is 34.9 Å². The van der Waals surface area contributed by atoms with Crippen LogP contribution >= 0.6 is 11.6 Å². The minimum absolute atomic E-state index is 0.107. The average Bonchev–Trinajstić information content (AvgIpc) is 2.17. The number of alkyl halides is 1. The van der Waals surface area contributed by atoms with Crippen molar-refractivity contribution >= 4 is 17.6 Å². The van der Waals surface area contributed by atoms with Crippen molar-refractivity contribution in [1.82, 2.24) is 0 Å². The van der Waals surface area contributed by atoms with Gasteiger partial charge in [-0.3, -0.25) is 0 Å². The molecule has 0 aliphatic rings. The molecule has 0 saturated carbocycles. The van der Waals surface area contributed by atoms with Gasteiger partial charge >= 0.3 is 5.97 Å². The third-order valence-corrected chi connectivity index (χ3v) is 2.38. The van der Waals surface area contributed by atoms with Crippen LogP contribution in [0.1, 0.15) is 18.9 Å². The molecule has 1 atom stereocenters. The number of halogens is 2. The van der Waals surface area contributed by atoms with Crippen molar-refractivity contribution in [2.24, 2.45) is 0 Å². The molecule has 0 fully saturated rings. The standard InChI is InChI=1S/C10H10ClFO2/c1-2-10(12,9(13)14)7-3-5-8(11)6-4-7/h3-6H,2H2,1H3,(H,13,14). The second-order valence-electron chi connectivity index (χ2n) is 2.97. The smallest absolute Gasteiger partial charge is 0.346 e. The molecule has 0 aliphatic carbocycles. The van der Waals surface area contributed by atoms with Crippen LogP contribution in [0.4, 0.5) is 4.39 Å². The second-order valence-corrected chi connectivity index (χ2v) is 3.40. The van der Waals surface area contributed by atoms with Gasteiger partial charge < -0.3 is 5.11 Å². The highest BCUT2D eigenvalue weighted by molar-refractivity contribution is 6.30. The van der Waals surface area contributed by atoms with Crippen LogP contribution in [0.25, 0.3) is 0 Å². The van der Waals surface area contributed by atoms with Gasteiger partial charge in [0.2, 0.25) is 5.67 Å². The quantitative estimate of drug-likeness (QED) is 0.844. The van der Waals surface area contributed by atoms with E-state index >= 15 is 0 Å². The number of aliphatic carboxylic acids is 1. The van der Waals surface area contributed by atoms with Gasteiger partial charge in [-0.15, -0.1) is 0 Å². The van der Waals surface area contributed by atoms with E-state index in [4.69, 9.17) is 16.7 Å². The Kier molecular flexibility index (Phi) is 3.11. The first-order valence-corrected chi connectivity index (χ1v) is 4.57. The molecule has 0 spiro atoms. The predicted octanol–water partition coefficient (Wildman–Crippen LogP) is 3.00. The van der Waals surface area contributed by atoms with E-state index in [2.05, 4.69) is 0 Å². The third kappa shape index (κ3) is 1.87. The third-order valence-electron chi connectivity index (χ3n) is 2.13. The molecule has 1 aromatic carbocycles. The number of carboxylic acids is 1. The van der Waals surface area contributed by atoms with Gasteiger partial charge in [0.25, 0.3) is 0 Å². The van der Waals surface area contributed by atoms with Crippen molar-refractivity contribution in [3.63, 3.8) is 0 Å². The van der Waals surface area contributed by atoms with Crippen LogP contribution < -0.4 is 0 Å². The van der Waals surface area contributed by atoms with E-state index in [1.165, 1.54) is 31.2 Å². The lowest BCUT2D eigenvalue weighted by molar-refractivity contribution is -0.151. The highest BCUT2D eigenvalue weighted by Gasteiger charge is 2.38. The lowest BCUT2D eigenvalue weighted by atomic mass is 9.93. The summed E-state index contributed by atoms with van der Waals surface area (Å²) in [4.78, 5) is 10.7. The molecular weight excluding hydrogens is 207 g/mol. The molecule has 1 N–H and O–H groups in total. The second kappa shape index (κ2) is 3.96. The monoisotopic (exact) mass is 216 g/mol. The van der Waals surface area contributed by atoms with Crippen LogP contribution in [0.3, 0.4) is 0 Å². The SMILES string of the molecule is CCC(F)(C(=O)O)c1ccc(Cl)cc1. The zero-order valence-corrected chi connectivity index (χ0v) is 8.38. The van der Waals surface area contributed by atoms with Crippen LogP contribution in [0.5, 0.6) is 0 Å². The van der Waals surface area contributed by atoms with E-state index in [1.807, 2.05) is 0 Å². The van der Waals surface area contributed by atoms with Crippen molar-refractivity contribution in [2.75, 3.05) is 0 Å². The van der Waals surface area contributed by atoms with Gasteiger partial charge in [-0.2, -0.15) is 0 Å². The van der Waals surface area contributed by atoms with Crippen LogP contribution in [0, 0.1) is 0 Å². The lowest BCUT2D eigenvalue weighted by Crippen LogP contribution is -2.29. The number of rotatable bonds is 3. The Morgan fingerprint density at radius 1 is 1.50 bits per heavy atom. The van der Waals surface area contributed by atoms with Crippen molar-refractivity contribution in [3.8, 4) is 0 Å². The van der Waals surface area contributed by atoms with E-state index in [0.717, 1.165) is 0 Å². The van der Waals surface area contributed by atoms with Crippen LogP contribution in [0.15, 0.2) is 24.3 Å². The summed E-state index contributed by atoms with van der Waals surface area (Å²) < 4.78 is 13.9. The van der Waals surface area contributed by atoms with Gasteiger partial charge in [0.1, 0.15) is 0 Å². The molecule has 1 unspecified atom stereocenters. The fraction of sp³-hybridized carbons (Fsp3) is 0.300. The maximum Gasteiger partial charge on any atom is 0.346 e. The summed E-state index contributed by atoms with van der Waals surface area (Å²) in [7, 11) is 0. The number of carbonyl (C=O) groups is 1. The van der Waals surface area contributed by atoms with Crippen LogP contribution in [-0.4, -0.2) is 11.1 Å². The molecule has 0 aromatic heterocycles. The fourth-order valence-corrected chi connectivity index (χ4v) is 1.32. The Hall–Kier alpha value is -1.09. The highest BCUT2D eigenvalue weighted by Crippen LogP contribution is 2.30. The van der Waals surface area contributed by atoms with Gasteiger partial charge in [0, 0.05) is 10.6 Å². The first kappa shape index (κ1) is 11.0. The molecular formula is C10H10ClFO2. The normalized spacial score (nSPS) is 14.8. The molecule has 1 aromatic rings. The fourth-order valence-electron chi connectivity index (χ4n) is 1.19. The van der Waals surface area contributed by atoms with Crippen LogP contribution in [-0.2, 0) is 10.5 Å². The predicted molar refractivity (Wildman–Crippen MR) is 52.2 cm³/mol. The van der Waals surface area contributed by atoms with Crippen molar-refractivity contribution < 1.29 is 14.3 Å². The summed E-state index contributed by atoms with van der Waals surface area (Å²) in [6, 6.07) is 5.73. The molecule has 14 heavy (non-hydrogen) atoms. The molecule has 0 radical (unpaired) electrons. The maximum atomic E-state index is 13.9. The Balaban J connectivity index is 3.13. The number of benzene rings is 1. The molecule has 0 saturated heterocycles. The van der Waals surface area contributed by atoms with Crippen molar-refractivity contribution in [2.45, 2.75) is 19.0 Å². The topological polar surface area (TPSA) is 37.3 Å². The van der Waals surface area contributed by atoms with Gasteiger partial charge in [0.15, 0.2) is 0 Å².